The van der Waals surface area contributed by atoms with Crippen LogP contribution in [0.2, 0.25) is 0 Å². The van der Waals surface area contributed by atoms with E-state index < -0.39 is 6.10 Å². The van der Waals surface area contributed by atoms with Crippen LogP contribution >= 0.6 is 0 Å². The second kappa shape index (κ2) is 7.43. The summed E-state index contributed by atoms with van der Waals surface area (Å²) in [6.07, 6.45) is -0.757. The molecular weight excluding hydrogens is 368 g/mol. The lowest BCUT2D eigenvalue weighted by molar-refractivity contribution is -0.127. The van der Waals surface area contributed by atoms with Gasteiger partial charge in [0.05, 0.1) is 23.6 Å². The van der Waals surface area contributed by atoms with E-state index >= 15 is 0 Å². The first-order valence-electron chi connectivity index (χ1n) is 9.41. The quantitative estimate of drug-likeness (QED) is 0.746. The Morgan fingerprint density at radius 3 is 2.48 bits per heavy atom. The summed E-state index contributed by atoms with van der Waals surface area (Å²) in [5, 5.41) is 7.06. The minimum absolute atomic E-state index is 0.148. The number of aryl methyl sites for hydroxylation is 2. The molecule has 2 amide bonds. The van der Waals surface area contributed by atoms with Crippen molar-refractivity contribution in [1.82, 2.24) is 15.1 Å². The van der Waals surface area contributed by atoms with E-state index in [1.165, 1.54) is 0 Å². The van der Waals surface area contributed by atoms with Crippen molar-refractivity contribution in [1.29, 1.82) is 0 Å². The van der Waals surface area contributed by atoms with Gasteiger partial charge in [0.2, 0.25) is 0 Å². The van der Waals surface area contributed by atoms with Gasteiger partial charge in [-0.1, -0.05) is 12.1 Å². The number of para-hydroxylation sites is 2. The van der Waals surface area contributed by atoms with Crippen molar-refractivity contribution < 1.29 is 14.3 Å². The van der Waals surface area contributed by atoms with Gasteiger partial charge in [-0.05, 0) is 56.3 Å². The standard InChI is InChI=1S/C22H22N4O3/c1-14-12-15(2)26(24-14)17-10-8-16(9-11-17)22(28)25-13-20(21(27)23-3)29-19-7-5-4-6-18(19)25/h4-12,20H,13H2,1-3H3,(H,23,27)/t20-/m0/s1. The first kappa shape index (κ1) is 18.7. The summed E-state index contributed by atoms with van der Waals surface area (Å²) in [5.41, 5.74) is 4.03. The lowest BCUT2D eigenvalue weighted by atomic mass is 10.1. The molecule has 1 aromatic heterocycles. The van der Waals surface area contributed by atoms with Crippen molar-refractivity contribution in [3.05, 3.63) is 71.5 Å². The third kappa shape index (κ3) is 3.47. The number of benzene rings is 2. The number of rotatable bonds is 3. The highest BCUT2D eigenvalue weighted by Gasteiger charge is 2.33. The highest BCUT2D eigenvalue weighted by atomic mass is 16.5. The van der Waals surface area contributed by atoms with Crippen molar-refractivity contribution in [3.8, 4) is 11.4 Å². The SMILES string of the molecule is CNC(=O)[C@@H]1CN(C(=O)c2ccc(-n3nc(C)cc3C)cc2)c2ccccc2O1. The molecule has 7 nitrogen and oxygen atoms in total. The number of hydrogen-bond donors (Lipinski definition) is 1. The second-order valence-electron chi connectivity index (χ2n) is 6.99. The van der Waals surface area contributed by atoms with Gasteiger partial charge in [0, 0.05) is 18.3 Å². The molecule has 1 N–H and O–H groups in total. The Labute approximate surface area is 168 Å². The number of nitrogens with zero attached hydrogens (tertiary/aromatic N) is 3. The van der Waals surface area contributed by atoms with E-state index in [1.807, 2.05) is 54.9 Å². The van der Waals surface area contributed by atoms with Gasteiger partial charge in [0.1, 0.15) is 5.75 Å². The molecule has 7 heteroatoms. The molecule has 0 aliphatic carbocycles. The molecule has 4 rings (SSSR count). The molecule has 0 bridgehead atoms. The van der Waals surface area contributed by atoms with E-state index in [2.05, 4.69) is 10.4 Å². The van der Waals surface area contributed by atoms with Crippen LogP contribution < -0.4 is 15.0 Å². The van der Waals surface area contributed by atoms with Gasteiger partial charge in [0.15, 0.2) is 6.10 Å². The van der Waals surface area contributed by atoms with Crippen LogP contribution in [0.5, 0.6) is 5.75 Å². The van der Waals surface area contributed by atoms with Crippen LogP contribution in [0, 0.1) is 13.8 Å². The zero-order chi connectivity index (χ0) is 20.5. The van der Waals surface area contributed by atoms with Crippen molar-refractivity contribution in [2.24, 2.45) is 0 Å². The maximum absolute atomic E-state index is 13.3. The Hall–Kier alpha value is -3.61. The number of anilines is 1. The zero-order valence-electron chi connectivity index (χ0n) is 16.5. The molecule has 0 saturated carbocycles. The zero-order valence-corrected chi connectivity index (χ0v) is 16.5. The molecule has 1 aliphatic rings. The van der Waals surface area contributed by atoms with Gasteiger partial charge in [-0.2, -0.15) is 5.10 Å². The van der Waals surface area contributed by atoms with Crippen LogP contribution in [0.1, 0.15) is 21.7 Å². The topological polar surface area (TPSA) is 76.5 Å². The van der Waals surface area contributed by atoms with Gasteiger partial charge < -0.3 is 15.0 Å². The van der Waals surface area contributed by atoms with Gasteiger partial charge in [-0.15, -0.1) is 0 Å². The fraction of sp³-hybridized carbons (Fsp3) is 0.227. The summed E-state index contributed by atoms with van der Waals surface area (Å²) in [4.78, 5) is 27.0. The Balaban J connectivity index is 1.64. The van der Waals surface area contributed by atoms with Gasteiger partial charge in [-0.25, -0.2) is 4.68 Å². The number of hydrogen-bond acceptors (Lipinski definition) is 4. The first-order valence-corrected chi connectivity index (χ1v) is 9.41. The van der Waals surface area contributed by atoms with Crippen LogP contribution in [0.25, 0.3) is 5.69 Å². The third-order valence-electron chi connectivity index (χ3n) is 4.93. The first-order chi connectivity index (χ1) is 14.0. The van der Waals surface area contributed by atoms with Gasteiger partial charge in [0.25, 0.3) is 11.8 Å². The minimum atomic E-state index is -0.757. The molecule has 0 spiro atoms. The number of amides is 2. The fourth-order valence-electron chi connectivity index (χ4n) is 3.52. The fourth-order valence-corrected chi connectivity index (χ4v) is 3.52. The summed E-state index contributed by atoms with van der Waals surface area (Å²) in [5.74, 6) is 0.0618. The van der Waals surface area contributed by atoms with Crippen LogP contribution in [-0.2, 0) is 4.79 Å². The number of likely N-dealkylation sites (N-methyl/N-ethyl adjacent to an activating group) is 1. The molecule has 2 aromatic carbocycles. The van der Waals surface area contributed by atoms with Gasteiger partial charge >= 0.3 is 0 Å². The lowest BCUT2D eigenvalue weighted by Gasteiger charge is -2.34. The van der Waals surface area contributed by atoms with Crippen LogP contribution in [-0.4, -0.2) is 41.3 Å². The monoisotopic (exact) mass is 390 g/mol. The van der Waals surface area contributed by atoms with Crippen LogP contribution in [0.3, 0.4) is 0 Å². The molecule has 3 aromatic rings. The average Bonchev–Trinajstić information content (AvgIpc) is 3.09. The van der Waals surface area contributed by atoms with E-state index in [4.69, 9.17) is 4.74 Å². The molecule has 0 unspecified atom stereocenters. The number of carbonyl (C=O) groups excluding carboxylic acids is 2. The number of carbonyl (C=O) groups is 2. The predicted molar refractivity (Wildman–Crippen MR) is 110 cm³/mol. The van der Waals surface area contributed by atoms with E-state index in [-0.39, 0.29) is 18.4 Å². The van der Waals surface area contributed by atoms with Crippen molar-refractivity contribution in [2.75, 3.05) is 18.5 Å². The molecule has 148 valence electrons. The molecule has 29 heavy (non-hydrogen) atoms. The molecule has 0 saturated heterocycles. The number of ether oxygens (including phenoxy) is 1. The summed E-state index contributed by atoms with van der Waals surface area (Å²) in [6, 6.07) is 16.5. The second-order valence-corrected chi connectivity index (χ2v) is 6.99. The maximum Gasteiger partial charge on any atom is 0.262 e. The average molecular weight is 390 g/mol. The molecule has 0 fully saturated rings. The summed E-state index contributed by atoms with van der Waals surface area (Å²) in [6.45, 7) is 4.08. The summed E-state index contributed by atoms with van der Waals surface area (Å²) < 4.78 is 7.62. The number of aromatic nitrogens is 2. The van der Waals surface area contributed by atoms with Crippen molar-refractivity contribution in [2.45, 2.75) is 20.0 Å². The van der Waals surface area contributed by atoms with Crippen molar-refractivity contribution in [3.63, 3.8) is 0 Å². The highest BCUT2D eigenvalue weighted by Crippen LogP contribution is 2.34. The minimum Gasteiger partial charge on any atom is -0.477 e. The Kier molecular flexibility index (Phi) is 4.80. The van der Waals surface area contributed by atoms with E-state index in [1.54, 1.807) is 30.1 Å². The predicted octanol–water partition coefficient (Wildman–Crippen LogP) is 2.64. The van der Waals surface area contributed by atoms with E-state index in [0.29, 0.717) is 17.0 Å². The third-order valence-corrected chi connectivity index (χ3v) is 4.93. The Morgan fingerprint density at radius 1 is 1.10 bits per heavy atom. The number of nitrogens with one attached hydrogen (secondary N) is 1. The summed E-state index contributed by atoms with van der Waals surface area (Å²) in [7, 11) is 1.55. The molecule has 0 radical (unpaired) electrons. The number of fused-ring (bicyclic) bond motifs is 1. The van der Waals surface area contributed by atoms with Crippen molar-refractivity contribution >= 4 is 17.5 Å². The molecule has 2 heterocycles. The normalized spacial score (nSPS) is 15.4. The van der Waals surface area contributed by atoms with Gasteiger partial charge in [-0.3, -0.25) is 9.59 Å². The Bertz CT molecular complexity index is 1070. The van der Waals surface area contributed by atoms with Crippen LogP contribution in [0.15, 0.2) is 54.6 Å². The van der Waals surface area contributed by atoms with Crippen LogP contribution in [0.4, 0.5) is 5.69 Å². The van der Waals surface area contributed by atoms with E-state index in [0.717, 1.165) is 17.1 Å². The maximum atomic E-state index is 13.3. The summed E-state index contributed by atoms with van der Waals surface area (Å²) >= 11 is 0. The van der Waals surface area contributed by atoms with E-state index in [9.17, 15) is 9.59 Å². The lowest BCUT2D eigenvalue weighted by Crippen LogP contribution is -2.50. The smallest absolute Gasteiger partial charge is 0.262 e. The largest absolute Gasteiger partial charge is 0.477 e. The molecule has 1 atom stereocenters. The Morgan fingerprint density at radius 2 is 1.83 bits per heavy atom. The molecule has 1 aliphatic heterocycles. The molecular formula is C22H22N4O3. The highest BCUT2D eigenvalue weighted by molar-refractivity contribution is 6.08.